The molecular weight excluding hydrogens is 209 g/mol. The maximum absolute atomic E-state index is 12.1. The van der Waals surface area contributed by atoms with E-state index in [-0.39, 0.29) is 0 Å². The summed E-state index contributed by atoms with van der Waals surface area (Å²) >= 11 is 4.96. The maximum atomic E-state index is 12.1. The van der Waals surface area contributed by atoms with Crippen LogP contribution in [-0.2, 0) is 13.2 Å². The highest BCUT2D eigenvalue weighted by Gasteiger charge is 2.35. The van der Waals surface area contributed by atoms with Gasteiger partial charge in [0, 0.05) is 13.1 Å². The highest BCUT2D eigenvalue weighted by molar-refractivity contribution is 6.67. The molecule has 0 saturated heterocycles. The van der Waals surface area contributed by atoms with E-state index in [1.165, 1.54) is 0 Å². The fourth-order valence-electron chi connectivity index (χ4n) is 0.829. The molecule has 0 N–H and O–H groups in total. The lowest BCUT2D eigenvalue weighted by molar-refractivity contribution is -0.143. The maximum Gasteiger partial charge on any atom is 0.433 e. The van der Waals surface area contributed by atoms with Crippen LogP contribution in [0.4, 0.5) is 13.2 Å². The van der Waals surface area contributed by atoms with Crippen LogP contribution < -0.4 is 0 Å². The fraction of sp³-hybridized carbons (Fsp3) is 0.333. The number of aromatic nitrogens is 2. The second-order valence-corrected chi connectivity index (χ2v) is 2.65. The summed E-state index contributed by atoms with van der Waals surface area (Å²) < 4.78 is 36.9. The first-order valence-electron chi connectivity index (χ1n) is 3.13. The van der Waals surface area contributed by atoms with E-state index in [9.17, 15) is 18.0 Å². The first-order valence-corrected chi connectivity index (χ1v) is 3.51. The molecule has 1 aromatic heterocycles. The number of carbonyl (C=O) groups excluding carboxylic acids is 1. The van der Waals surface area contributed by atoms with Crippen molar-refractivity contribution in [1.29, 1.82) is 0 Å². The zero-order valence-corrected chi connectivity index (χ0v) is 7.15. The SMILES string of the molecule is Cn1nc(C(=O)Cl)cc1C(F)(F)F. The molecule has 0 aliphatic heterocycles. The number of halogens is 4. The second-order valence-electron chi connectivity index (χ2n) is 2.31. The van der Waals surface area contributed by atoms with Crippen LogP contribution >= 0.6 is 11.6 Å². The summed E-state index contributed by atoms with van der Waals surface area (Å²) in [4.78, 5) is 10.5. The molecule has 1 heterocycles. The normalized spacial score (nSPS) is 11.8. The molecule has 0 saturated carbocycles. The Morgan fingerprint density at radius 3 is 2.38 bits per heavy atom. The van der Waals surface area contributed by atoms with E-state index in [2.05, 4.69) is 5.10 Å². The van der Waals surface area contributed by atoms with Crippen LogP contribution in [0.2, 0.25) is 0 Å². The van der Waals surface area contributed by atoms with Gasteiger partial charge in [-0.3, -0.25) is 9.48 Å². The number of hydrogen-bond donors (Lipinski definition) is 0. The molecule has 0 bridgehead atoms. The third-order valence-electron chi connectivity index (χ3n) is 1.37. The van der Waals surface area contributed by atoms with Gasteiger partial charge in [-0.15, -0.1) is 0 Å². The minimum Gasteiger partial charge on any atom is -0.274 e. The van der Waals surface area contributed by atoms with E-state index in [4.69, 9.17) is 11.6 Å². The minimum absolute atomic E-state index is 0.406. The van der Waals surface area contributed by atoms with Crippen LogP contribution in [0.15, 0.2) is 6.07 Å². The van der Waals surface area contributed by atoms with Crippen molar-refractivity contribution in [3.8, 4) is 0 Å². The predicted molar refractivity (Wildman–Crippen MR) is 38.4 cm³/mol. The molecule has 0 radical (unpaired) electrons. The van der Waals surface area contributed by atoms with Gasteiger partial charge in [-0.05, 0) is 11.6 Å². The van der Waals surface area contributed by atoms with Crippen molar-refractivity contribution < 1.29 is 18.0 Å². The van der Waals surface area contributed by atoms with Gasteiger partial charge in [-0.1, -0.05) is 0 Å². The Kier molecular flexibility index (Phi) is 2.34. The van der Waals surface area contributed by atoms with Crippen LogP contribution in [0.3, 0.4) is 0 Å². The van der Waals surface area contributed by atoms with Crippen LogP contribution in [-0.4, -0.2) is 15.0 Å². The lowest BCUT2D eigenvalue weighted by Crippen LogP contribution is -2.11. The first-order chi connectivity index (χ1) is 5.82. The van der Waals surface area contributed by atoms with Crippen molar-refractivity contribution >= 4 is 16.8 Å². The molecule has 1 rings (SSSR count). The first kappa shape index (κ1) is 10.0. The van der Waals surface area contributed by atoms with Gasteiger partial charge in [0.25, 0.3) is 5.24 Å². The van der Waals surface area contributed by atoms with Crippen molar-refractivity contribution in [3.05, 3.63) is 17.5 Å². The Morgan fingerprint density at radius 2 is 2.15 bits per heavy atom. The van der Waals surface area contributed by atoms with E-state index >= 15 is 0 Å². The quantitative estimate of drug-likeness (QED) is 0.666. The number of rotatable bonds is 1. The van der Waals surface area contributed by atoms with Gasteiger partial charge in [0.15, 0.2) is 0 Å². The van der Waals surface area contributed by atoms with E-state index < -0.39 is 22.8 Å². The van der Waals surface area contributed by atoms with Crippen molar-refractivity contribution in [1.82, 2.24) is 9.78 Å². The molecule has 0 spiro atoms. The molecule has 0 fully saturated rings. The Morgan fingerprint density at radius 1 is 1.62 bits per heavy atom. The predicted octanol–water partition coefficient (Wildman–Crippen LogP) is 1.82. The van der Waals surface area contributed by atoms with Gasteiger partial charge in [0.05, 0.1) is 0 Å². The van der Waals surface area contributed by atoms with Crippen LogP contribution in [0.1, 0.15) is 16.2 Å². The van der Waals surface area contributed by atoms with Crippen molar-refractivity contribution in [2.45, 2.75) is 6.18 Å². The van der Waals surface area contributed by atoms with E-state index in [0.29, 0.717) is 10.7 Å². The average Bonchev–Trinajstić information content (AvgIpc) is 2.29. The highest BCUT2D eigenvalue weighted by atomic mass is 35.5. The number of aryl methyl sites for hydroxylation is 1. The van der Waals surface area contributed by atoms with E-state index in [1.54, 1.807) is 0 Å². The summed E-state index contributed by atoms with van der Waals surface area (Å²) in [5, 5.41) is 2.28. The lowest BCUT2D eigenvalue weighted by Gasteiger charge is -2.04. The Labute approximate surface area is 76.1 Å². The molecule has 0 aliphatic rings. The van der Waals surface area contributed by atoms with Crippen LogP contribution in [0, 0.1) is 0 Å². The summed E-state index contributed by atoms with van der Waals surface area (Å²) in [6.07, 6.45) is -4.52. The molecule has 72 valence electrons. The van der Waals surface area contributed by atoms with Gasteiger partial charge in [-0.2, -0.15) is 18.3 Å². The summed E-state index contributed by atoms with van der Waals surface area (Å²) in [6.45, 7) is 0. The molecule has 13 heavy (non-hydrogen) atoms. The Bertz CT molecular complexity index is 344. The summed E-state index contributed by atoms with van der Waals surface area (Å²) in [6, 6.07) is 0.606. The smallest absolute Gasteiger partial charge is 0.274 e. The van der Waals surface area contributed by atoms with E-state index in [0.717, 1.165) is 7.05 Å². The zero-order chi connectivity index (χ0) is 10.2. The van der Waals surface area contributed by atoms with Crippen LogP contribution in [0.25, 0.3) is 0 Å². The second kappa shape index (κ2) is 3.02. The fourth-order valence-corrected chi connectivity index (χ4v) is 0.921. The molecule has 0 amide bonds. The topological polar surface area (TPSA) is 34.9 Å². The van der Waals surface area contributed by atoms with E-state index in [1.807, 2.05) is 0 Å². The summed E-state index contributed by atoms with van der Waals surface area (Å²) in [7, 11) is 1.09. The van der Waals surface area contributed by atoms with Crippen LogP contribution in [0.5, 0.6) is 0 Å². The van der Waals surface area contributed by atoms with Crippen molar-refractivity contribution in [2.24, 2.45) is 7.05 Å². The molecule has 7 heteroatoms. The monoisotopic (exact) mass is 212 g/mol. The average molecular weight is 213 g/mol. The Balaban J connectivity index is 3.18. The van der Waals surface area contributed by atoms with Gasteiger partial charge in [0.2, 0.25) is 0 Å². The third kappa shape index (κ3) is 2.00. The third-order valence-corrected chi connectivity index (χ3v) is 1.57. The molecule has 0 aromatic carbocycles. The van der Waals surface area contributed by atoms with Crippen molar-refractivity contribution in [3.63, 3.8) is 0 Å². The molecule has 0 atom stereocenters. The summed E-state index contributed by atoms with van der Waals surface area (Å²) in [5.74, 6) is 0. The molecule has 1 aromatic rings. The lowest BCUT2D eigenvalue weighted by atomic mass is 10.3. The van der Waals surface area contributed by atoms with Crippen molar-refractivity contribution in [2.75, 3.05) is 0 Å². The van der Waals surface area contributed by atoms with Gasteiger partial charge in [-0.25, -0.2) is 0 Å². The van der Waals surface area contributed by atoms with Gasteiger partial charge in [0.1, 0.15) is 11.4 Å². The summed E-state index contributed by atoms with van der Waals surface area (Å²) in [5.41, 5.74) is -1.41. The number of carbonyl (C=O) groups is 1. The van der Waals surface area contributed by atoms with Gasteiger partial charge < -0.3 is 0 Å². The molecule has 0 unspecified atom stereocenters. The zero-order valence-electron chi connectivity index (χ0n) is 6.39. The van der Waals surface area contributed by atoms with Gasteiger partial charge >= 0.3 is 6.18 Å². The number of nitrogens with zero attached hydrogens (tertiary/aromatic N) is 2. The standard InChI is InChI=1S/C6H4ClF3N2O/c1-12-4(6(8,9)10)2-3(11-12)5(7)13/h2H,1H3. The minimum atomic E-state index is -4.52. The Hall–Kier alpha value is -1.04. The largest absolute Gasteiger partial charge is 0.433 e. The molecule has 3 nitrogen and oxygen atoms in total. The highest BCUT2D eigenvalue weighted by Crippen LogP contribution is 2.29. The number of hydrogen-bond acceptors (Lipinski definition) is 2. The molecular formula is C6H4ClF3N2O. The number of alkyl halides is 3. The molecule has 0 aliphatic carbocycles.